The normalized spacial score (nSPS) is 13.1. The summed E-state index contributed by atoms with van der Waals surface area (Å²) in [6.07, 6.45) is 0.824. The SMILES string of the molecule is CCc1cccc(NS(=O)(=O)c2ccc3c4c(cccc24)C(=O)N3)c1. The van der Waals surface area contributed by atoms with Gasteiger partial charge in [-0.2, -0.15) is 0 Å². The Labute approximate surface area is 145 Å². The maximum Gasteiger partial charge on any atom is 0.262 e. The van der Waals surface area contributed by atoms with Crippen molar-refractivity contribution < 1.29 is 13.2 Å². The molecule has 0 aliphatic carbocycles. The Morgan fingerprint density at radius 2 is 1.84 bits per heavy atom. The van der Waals surface area contributed by atoms with E-state index in [4.69, 9.17) is 0 Å². The molecule has 3 aromatic carbocycles. The topological polar surface area (TPSA) is 75.3 Å². The summed E-state index contributed by atoms with van der Waals surface area (Å²) in [4.78, 5) is 12.2. The summed E-state index contributed by atoms with van der Waals surface area (Å²) >= 11 is 0. The van der Waals surface area contributed by atoms with E-state index in [0.717, 1.165) is 12.0 Å². The van der Waals surface area contributed by atoms with E-state index in [1.807, 2.05) is 25.1 Å². The van der Waals surface area contributed by atoms with Gasteiger partial charge in [0.15, 0.2) is 0 Å². The molecule has 0 radical (unpaired) electrons. The molecule has 1 heterocycles. The second-order valence-corrected chi connectivity index (χ2v) is 7.60. The zero-order valence-corrected chi connectivity index (χ0v) is 14.4. The van der Waals surface area contributed by atoms with Gasteiger partial charge in [-0.15, -0.1) is 0 Å². The van der Waals surface area contributed by atoms with Crippen molar-refractivity contribution in [2.75, 3.05) is 10.0 Å². The summed E-state index contributed by atoms with van der Waals surface area (Å²) in [5, 5.41) is 3.95. The summed E-state index contributed by atoms with van der Waals surface area (Å²) < 4.78 is 28.5. The minimum atomic E-state index is -3.78. The number of nitrogens with one attached hydrogen (secondary N) is 2. The Balaban J connectivity index is 1.84. The van der Waals surface area contributed by atoms with Gasteiger partial charge in [-0.3, -0.25) is 9.52 Å². The molecular weight excluding hydrogens is 336 g/mol. The minimum Gasteiger partial charge on any atom is -0.321 e. The Morgan fingerprint density at radius 1 is 1.04 bits per heavy atom. The monoisotopic (exact) mass is 352 g/mol. The van der Waals surface area contributed by atoms with E-state index in [1.165, 1.54) is 6.07 Å². The second kappa shape index (κ2) is 5.60. The van der Waals surface area contributed by atoms with Crippen LogP contribution in [-0.4, -0.2) is 14.3 Å². The Kier molecular flexibility index (Phi) is 3.51. The van der Waals surface area contributed by atoms with Crippen LogP contribution in [-0.2, 0) is 16.4 Å². The molecule has 3 aromatic rings. The Bertz CT molecular complexity index is 1120. The number of hydrogen-bond donors (Lipinski definition) is 2. The number of benzene rings is 3. The molecular formula is C19H16N2O3S. The first kappa shape index (κ1) is 15.7. The third-order valence-corrected chi connectivity index (χ3v) is 5.81. The van der Waals surface area contributed by atoms with E-state index in [1.54, 1.807) is 30.3 Å². The van der Waals surface area contributed by atoms with E-state index < -0.39 is 10.0 Å². The molecule has 0 bridgehead atoms. The van der Waals surface area contributed by atoms with Gasteiger partial charge in [-0.1, -0.05) is 31.2 Å². The third-order valence-electron chi connectivity index (χ3n) is 4.37. The molecule has 4 rings (SSSR count). The fourth-order valence-electron chi connectivity index (χ4n) is 3.16. The highest BCUT2D eigenvalue weighted by Gasteiger charge is 2.26. The predicted octanol–water partition coefficient (Wildman–Crippen LogP) is 3.77. The number of amides is 1. The molecule has 0 atom stereocenters. The van der Waals surface area contributed by atoms with E-state index in [0.29, 0.717) is 27.7 Å². The maximum absolute atomic E-state index is 12.9. The molecule has 1 amide bonds. The van der Waals surface area contributed by atoms with Gasteiger partial charge in [-0.05, 0) is 42.3 Å². The van der Waals surface area contributed by atoms with Crippen molar-refractivity contribution in [1.82, 2.24) is 0 Å². The van der Waals surface area contributed by atoms with Crippen LogP contribution in [0.15, 0.2) is 59.5 Å². The number of hydrogen-bond acceptors (Lipinski definition) is 3. The zero-order chi connectivity index (χ0) is 17.6. The zero-order valence-electron chi connectivity index (χ0n) is 13.5. The van der Waals surface area contributed by atoms with Crippen LogP contribution in [0.3, 0.4) is 0 Å². The van der Waals surface area contributed by atoms with Crippen molar-refractivity contribution in [2.45, 2.75) is 18.2 Å². The molecule has 126 valence electrons. The molecule has 2 N–H and O–H groups in total. The molecule has 0 aromatic heterocycles. The summed E-state index contributed by atoms with van der Waals surface area (Å²) in [5.74, 6) is -0.209. The molecule has 1 aliphatic rings. The smallest absolute Gasteiger partial charge is 0.262 e. The van der Waals surface area contributed by atoms with Gasteiger partial charge < -0.3 is 5.32 Å². The van der Waals surface area contributed by atoms with Gasteiger partial charge in [0, 0.05) is 27.7 Å². The largest absolute Gasteiger partial charge is 0.321 e. The fourth-order valence-corrected chi connectivity index (χ4v) is 4.42. The summed E-state index contributed by atoms with van der Waals surface area (Å²) in [6, 6.07) is 15.6. The molecule has 0 fully saturated rings. The lowest BCUT2D eigenvalue weighted by atomic mass is 10.1. The van der Waals surface area contributed by atoms with E-state index in [2.05, 4.69) is 10.0 Å². The van der Waals surface area contributed by atoms with Gasteiger partial charge in [0.25, 0.3) is 15.9 Å². The first-order chi connectivity index (χ1) is 12.0. The number of rotatable bonds is 4. The molecule has 6 heteroatoms. The lowest BCUT2D eigenvalue weighted by Crippen LogP contribution is -2.13. The van der Waals surface area contributed by atoms with E-state index >= 15 is 0 Å². The van der Waals surface area contributed by atoms with Gasteiger partial charge in [-0.25, -0.2) is 8.42 Å². The van der Waals surface area contributed by atoms with Crippen LogP contribution >= 0.6 is 0 Å². The van der Waals surface area contributed by atoms with Crippen LogP contribution in [0.1, 0.15) is 22.8 Å². The second-order valence-electron chi connectivity index (χ2n) is 5.95. The van der Waals surface area contributed by atoms with Crippen molar-refractivity contribution in [2.24, 2.45) is 0 Å². The lowest BCUT2D eigenvalue weighted by molar-refractivity contribution is 0.103. The molecule has 5 nitrogen and oxygen atoms in total. The number of carbonyl (C=O) groups excluding carboxylic acids is 1. The molecule has 0 saturated heterocycles. The molecule has 0 saturated carbocycles. The van der Waals surface area contributed by atoms with E-state index in [-0.39, 0.29) is 10.8 Å². The summed E-state index contributed by atoms with van der Waals surface area (Å²) in [5.41, 5.74) is 2.72. The van der Waals surface area contributed by atoms with Crippen molar-refractivity contribution in [3.8, 4) is 0 Å². The van der Waals surface area contributed by atoms with Crippen molar-refractivity contribution in [3.63, 3.8) is 0 Å². The van der Waals surface area contributed by atoms with Crippen LogP contribution in [0, 0.1) is 0 Å². The highest BCUT2D eigenvalue weighted by atomic mass is 32.2. The van der Waals surface area contributed by atoms with E-state index in [9.17, 15) is 13.2 Å². The van der Waals surface area contributed by atoms with Gasteiger partial charge in [0.1, 0.15) is 0 Å². The van der Waals surface area contributed by atoms with Gasteiger partial charge in [0.2, 0.25) is 0 Å². The number of anilines is 2. The minimum absolute atomic E-state index is 0.159. The van der Waals surface area contributed by atoms with Crippen molar-refractivity contribution in [3.05, 3.63) is 65.7 Å². The first-order valence-corrected chi connectivity index (χ1v) is 9.47. The first-order valence-electron chi connectivity index (χ1n) is 7.98. The quantitative estimate of drug-likeness (QED) is 0.750. The summed E-state index contributed by atoms with van der Waals surface area (Å²) in [6.45, 7) is 2.01. The van der Waals surface area contributed by atoms with Crippen LogP contribution in [0.4, 0.5) is 11.4 Å². The Hall–Kier alpha value is -2.86. The highest BCUT2D eigenvalue weighted by Crippen LogP contribution is 2.36. The molecule has 0 unspecified atom stereocenters. The van der Waals surface area contributed by atoms with Crippen LogP contribution < -0.4 is 10.0 Å². The van der Waals surface area contributed by atoms with Gasteiger partial charge >= 0.3 is 0 Å². The number of aryl methyl sites for hydroxylation is 1. The Morgan fingerprint density at radius 3 is 2.64 bits per heavy atom. The van der Waals surface area contributed by atoms with Crippen molar-refractivity contribution in [1.29, 1.82) is 0 Å². The van der Waals surface area contributed by atoms with Crippen LogP contribution in [0.2, 0.25) is 0 Å². The fraction of sp³-hybridized carbons (Fsp3) is 0.105. The lowest BCUT2D eigenvalue weighted by Gasteiger charge is -2.12. The highest BCUT2D eigenvalue weighted by molar-refractivity contribution is 7.93. The number of carbonyl (C=O) groups is 1. The van der Waals surface area contributed by atoms with Crippen LogP contribution in [0.25, 0.3) is 10.8 Å². The van der Waals surface area contributed by atoms with Gasteiger partial charge in [0.05, 0.1) is 4.90 Å². The third kappa shape index (κ3) is 2.55. The number of sulfonamides is 1. The predicted molar refractivity (Wildman–Crippen MR) is 98.5 cm³/mol. The average molecular weight is 352 g/mol. The van der Waals surface area contributed by atoms with Crippen molar-refractivity contribution >= 4 is 38.1 Å². The molecule has 25 heavy (non-hydrogen) atoms. The standard InChI is InChI=1S/C19H16N2O3S/c1-2-12-5-3-6-13(11-12)21-25(23,24)17-10-9-16-18-14(17)7-4-8-15(18)19(22)20-16/h3-11,21H,2H2,1H3,(H,20,22). The summed E-state index contributed by atoms with van der Waals surface area (Å²) in [7, 11) is -3.78. The average Bonchev–Trinajstić information content (AvgIpc) is 2.93. The molecule has 1 aliphatic heterocycles. The molecule has 0 spiro atoms. The maximum atomic E-state index is 12.9. The van der Waals surface area contributed by atoms with Crippen LogP contribution in [0.5, 0.6) is 0 Å².